The fraction of sp³-hybridized carbons (Fsp3) is 0.727. The van der Waals surface area contributed by atoms with Crippen molar-refractivity contribution in [1.82, 2.24) is 0 Å². The van der Waals surface area contributed by atoms with Crippen LogP contribution in [0, 0.1) is 0 Å². The minimum atomic E-state index is -0.809. The first-order valence-corrected chi connectivity index (χ1v) is 25.4. The topological polar surface area (TPSA) is 78.9 Å². The van der Waals surface area contributed by atoms with E-state index >= 15 is 0 Å². The Kier molecular flexibility index (Phi) is 46.9. The van der Waals surface area contributed by atoms with E-state index in [1.165, 1.54) is 96.3 Å². The Balaban J connectivity index is 4.49. The van der Waals surface area contributed by atoms with E-state index in [0.29, 0.717) is 19.3 Å². The number of allylic oxidation sites excluding steroid dienone is 12. The van der Waals surface area contributed by atoms with Gasteiger partial charge < -0.3 is 14.2 Å². The van der Waals surface area contributed by atoms with Gasteiger partial charge in [0.15, 0.2) is 6.10 Å². The summed E-state index contributed by atoms with van der Waals surface area (Å²) >= 11 is 0. The molecule has 0 heterocycles. The highest BCUT2D eigenvalue weighted by atomic mass is 16.6. The summed E-state index contributed by atoms with van der Waals surface area (Å²) in [6, 6.07) is 0. The SMILES string of the molecule is CCCC/C=C\CCCCCCCC(=O)OC[C@@H](COC(=O)CCCCCCC/C=C\C/C=C\CCCCC)OC(=O)CCC/C=C\C/C=C\C/C=C\CCCCCCCC. The Morgan fingerprint density at radius 2 is 0.623 bits per heavy atom. The average Bonchev–Trinajstić information content (AvgIpc) is 3.26. The van der Waals surface area contributed by atoms with Crippen molar-refractivity contribution in [3.63, 3.8) is 0 Å². The maximum absolute atomic E-state index is 12.8. The molecule has 0 saturated heterocycles. The Bertz CT molecular complexity index is 1160. The molecule has 0 saturated carbocycles. The lowest BCUT2D eigenvalue weighted by Crippen LogP contribution is -2.30. The highest BCUT2D eigenvalue weighted by Crippen LogP contribution is 2.13. The van der Waals surface area contributed by atoms with Crippen molar-refractivity contribution in [3.05, 3.63) is 72.9 Å². The summed E-state index contributed by atoms with van der Waals surface area (Å²) in [5.41, 5.74) is 0. The fourth-order valence-electron chi connectivity index (χ4n) is 6.76. The molecule has 0 N–H and O–H groups in total. The van der Waals surface area contributed by atoms with Crippen molar-refractivity contribution in [2.24, 2.45) is 0 Å². The summed E-state index contributed by atoms with van der Waals surface area (Å²) in [6.07, 6.45) is 61.7. The van der Waals surface area contributed by atoms with Gasteiger partial charge in [0.1, 0.15) is 13.2 Å². The Morgan fingerprint density at radius 1 is 0.328 bits per heavy atom. The molecule has 0 aromatic rings. The third-order valence-corrected chi connectivity index (χ3v) is 10.7. The normalized spacial score (nSPS) is 12.6. The van der Waals surface area contributed by atoms with Crippen LogP contribution in [-0.2, 0) is 28.6 Å². The predicted molar refractivity (Wildman–Crippen MR) is 261 cm³/mol. The van der Waals surface area contributed by atoms with Gasteiger partial charge in [-0.3, -0.25) is 14.4 Å². The van der Waals surface area contributed by atoms with Crippen LogP contribution in [0.25, 0.3) is 0 Å². The highest BCUT2D eigenvalue weighted by Gasteiger charge is 2.19. The molecular weight excluding hydrogens is 757 g/mol. The van der Waals surface area contributed by atoms with Gasteiger partial charge in [-0.2, -0.15) is 0 Å². The molecule has 0 rings (SSSR count). The number of carbonyl (C=O) groups is 3. The Morgan fingerprint density at radius 3 is 1.07 bits per heavy atom. The summed E-state index contributed by atoms with van der Waals surface area (Å²) in [7, 11) is 0. The molecule has 6 nitrogen and oxygen atoms in total. The number of rotatable bonds is 45. The first-order valence-electron chi connectivity index (χ1n) is 25.4. The monoisotopic (exact) mass is 851 g/mol. The predicted octanol–water partition coefficient (Wildman–Crippen LogP) is 16.6. The maximum atomic E-state index is 12.8. The van der Waals surface area contributed by atoms with E-state index in [-0.39, 0.29) is 37.5 Å². The number of unbranched alkanes of at least 4 members (excludes halogenated alkanes) is 22. The van der Waals surface area contributed by atoms with Crippen LogP contribution in [0.2, 0.25) is 0 Å². The van der Waals surface area contributed by atoms with Gasteiger partial charge >= 0.3 is 17.9 Å². The number of esters is 3. The van der Waals surface area contributed by atoms with Gasteiger partial charge in [-0.1, -0.05) is 190 Å². The van der Waals surface area contributed by atoms with Gasteiger partial charge in [0.2, 0.25) is 0 Å². The Hall–Kier alpha value is -3.15. The third kappa shape index (κ3) is 47.7. The van der Waals surface area contributed by atoms with Gasteiger partial charge in [-0.05, 0) is 103 Å². The van der Waals surface area contributed by atoms with Crippen molar-refractivity contribution < 1.29 is 28.6 Å². The fourth-order valence-corrected chi connectivity index (χ4v) is 6.76. The second kappa shape index (κ2) is 49.5. The number of hydrogen-bond donors (Lipinski definition) is 0. The molecule has 0 aromatic heterocycles. The van der Waals surface area contributed by atoms with Crippen LogP contribution in [0.3, 0.4) is 0 Å². The largest absolute Gasteiger partial charge is 0.462 e. The Labute approximate surface area is 376 Å². The minimum Gasteiger partial charge on any atom is -0.462 e. The average molecular weight is 851 g/mol. The quantitative estimate of drug-likeness (QED) is 0.0263. The van der Waals surface area contributed by atoms with E-state index in [2.05, 4.69) is 93.7 Å². The van der Waals surface area contributed by atoms with Crippen LogP contribution in [0.15, 0.2) is 72.9 Å². The lowest BCUT2D eigenvalue weighted by molar-refractivity contribution is -0.167. The van der Waals surface area contributed by atoms with Crippen LogP contribution in [-0.4, -0.2) is 37.2 Å². The van der Waals surface area contributed by atoms with Gasteiger partial charge in [-0.15, -0.1) is 0 Å². The van der Waals surface area contributed by atoms with Crippen molar-refractivity contribution in [1.29, 1.82) is 0 Å². The molecule has 0 aliphatic carbocycles. The molecule has 350 valence electrons. The zero-order valence-electron chi connectivity index (χ0n) is 39.9. The van der Waals surface area contributed by atoms with Gasteiger partial charge in [0, 0.05) is 19.3 Å². The molecule has 0 unspecified atom stereocenters. The highest BCUT2D eigenvalue weighted by molar-refractivity contribution is 5.71. The molecule has 0 aliphatic rings. The van der Waals surface area contributed by atoms with Crippen LogP contribution in [0.4, 0.5) is 0 Å². The molecule has 0 amide bonds. The molecular formula is C55H94O6. The zero-order chi connectivity index (χ0) is 44.4. The van der Waals surface area contributed by atoms with Crippen molar-refractivity contribution >= 4 is 17.9 Å². The summed E-state index contributed by atoms with van der Waals surface area (Å²) in [6.45, 7) is 6.50. The van der Waals surface area contributed by atoms with Gasteiger partial charge in [0.25, 0.3) is 0 Å². The molecule has 0 aromatic carbocycles. The molecule has 0 fully saturated rings. The lowest BCUT2D eigenvalue weighted by Gasteiger charge is -2.18. The van der Waals surface area contributed by atoms with E-state index in [1.807, 2.05) is 0 Å². The summed E-state index contributed by atoms with van der Waals surface area (Å²) in [5, 5.41) is 0. The molecule has 6 heteroatoms. The van der Waals surface area contributed by atoms with E-state index in [1.54, 1.807) is 0 Å². The van der Waals surface area contributed by atoms with E-state index < -0.39 is 6.10 Å². The molecule has 0 radical (unpaired) electrons. The number of hydrogen-bond acceptors (Lipinski definition) is 6. The molecule has 1 atom stereocenters. The van der Waals surface area contributed by atoms with Crippen molar-refractivity contribution in [2.45, 2.75) is 245 Å². The number of ether oxygens (including phenoxy) is 3. The lowest BCUT2D eigenvalue weighted by atomic mass is 10.1. The van der Waals surface area contributed by atoms with E-state index in [0.717, 1.165) is 96.3 Å². The minimum absolute atomic E-state index is 0.105. The first-order chi connectivity index (χ1) is 30.0. The van der Waals surface area contributed by atoms with E-state index in [9.17, 15) is 14.4 Å². The second-order valence-electron chi connectivity index (χ2n) is 16.7. The smallest absolute Gasteiger partial charge is 0.306 e. The van der Waals surface area contributed by atoms with Crippen LogP contribution >= 0.6 is 0 Å². The molecule has 0 spiro atoms. The zero-order valence-corrected chi connectivity index (χ0v) is 39.9. The van der Waals surface area contributed by atoms with E-state index in [4.69, 9.17) is 14.2 Å². The first kappa shape index (κ1) is 57.9. The van der Waals surface area contributed by atoms with Crippen LogP contribution in [0.1, 0.15) is 239 Å². The summed E-state index contributed by atoms with van der Waals surface area (Å²) in [5.74, 6) is -0.982. The van der Waals surface area contributed by atoms with Gasteiger partial charge in [0.05, 0.1) is 0 Å². The molecule has 0 bridgehead atoms. The molecule has 61 heavy (non-hydrogen) atoms. The molecule has 0 aliphatic heterocycles. The number of carbonyl (C=O) groups excluding carboxylic acids is 3. The summed E-state index contributed by atoms with van der Waals surface area (Å²) < 4.78 is 16.7. The van der Waals surface area contributed by atoms with Gasteiger partial charge in [-0.25, -0.2) is 0 Å². The van der Waals surface area contributed by atoms with Crippen molar-refractivity contribution in [3.8, 4) is 0 Å². The summed E-state index contributed by atoms with van der Waals surface area (Å²) in [4.78, 5) is 37.9. The maximum Gasteiger partial charge on any atom is 0.306 e. The standard InChI is InChI=1S/C55H94O6/c1-4-7-10-13-16-19-22-24-26-27-29-31-34-37-40-43-46-49-55(58)61-52(50-59-53(56)47-44-41-38-35-32-21-18-15-12-9-6-3)51-60-54(57)48-45-42-39-36-33-30-28-25-23-20-17-14-11-8-5-2/h15,17-18,20,24-26,28-29,31,37,40,52H,4-14,16,19,21-23,27,30,32-36,38-39,41-51H2,1-3H3/b18-15-,20-17-,26-24-,28-25-,31-29-,40-37-/t52-/m0/s1. The third-order valence-electron chi connectivity index (χ3n) is 10.7. The van der Waals surface area contributed by atoms with Crippen LogP contribution < -0.4 is 0 Å². The van der Waals surface area contributed by atoms with Crippen molar-refractivity contribution in [2.75, 3.05) is 13.2 Å². The van der Waals surface area contributed by atoms with Crippen LogP contribution in [0.5, 0.6) is 0 Å². The second-order valence-corrected chi connectivity index (χ2v) is 16.7.